The molecule has 2 N–H and O–H groups in total. The van der Waals surface area contributed by atoms with Crippen molar-refractivity contribution in [3.63, 3.8) is 0 Å². The molecule has 10 heteroatoms. The van der Waals surface area contributed by atoms with Crippen LogP contribution in [0, 0.1) is 6.92 Å². The molecule has 9 nitrogen and oxygen atoms in total. The van der Waals surface area contributed by atoms with Crippen molar-refractivity contribution in [1.82, 2.24) is 24.7 Å². The topological polar surface area (TPSA) is 111 Å². The monoisotopic (exact) mass is 388 g/mol. The van der Waals surface area contributed by atoms with Crippen LogP contribution in [0.15, 0.2) is 53.6 Å². The zero-order valence-electron chi connectivity index (χ0n) is 15.0. The largest absolute Gasteiger partial charge is 0.497 e. The number of benzene rings is 1. The molecule has 0 saturated carbocycles. The maximum Gasteiger partial charge on any atom is 0.240 e. The van der Waals surface area contributed by atoms with E-state index < -0.39 is 10.0 Å². The average Bonchev–Trinajstić information content (AvgIpc) is 3.12. The standard InChI is InChI=1S/C17H20N6O3S/c1-13-9-12-23(22-13)17-8-7-16(20-21-17)18-10-11-19-27(24,25)15-5-3-14(26-2)4-6-15/h3-9,12,19H,10-11H2,1-2H3,(H,18,20). The second-order valence-electron chi connectivity index (χ2n) is 5.68. The predicted molar refractivity (Wildman–Crippen MR) is 101 cm³/mol. The summed E-state index contributed by atoms with van der Waals surface area (Å²) in [5.74, 6) is 1.75. The molecule has 0 unspecified atom stereocenters. The van der Waals surface area contributed by atoms with E-state index in [2.05, 4.69) is 25.3 Å². The van der Waals surface area contributed by atoms with Crippen LogP contribution in [0.4, 0.5) is 5.82 Å². The predicted octanol–water partition coefficient (Wildman–Crippen LogP) is 1.37. The number of rotatable bonds is 8. The van der Waals surface area contributed by atoms with Crippen LogP contribution in [-0.2, 0) is 10.0 Å². The summed E-state index contributed by atoms with van der Waals surface area (Å²) in [7, 11) is -2.05. The summed E-state index contributed by atoms with van der Waals surface area (Å²) >= 11 is 0. The number of hydrogen-bond acceptors (Lipinski definition) is 7. The molecule has 2 aromatic heterocycles. The number of hydrogen-bond donors (Lipinski definition) is 2. The molecule has 0 aliphatic heterocycles. The SMILES string of the molecule is COc1ccc(S(=O)(=O)NCCNc2ccc(-n3ccc(C)n3)nn2)cc1. The van der Waals surface area contributed by atoms with Gasteiger partial charge < -0.3 is 10.1 Å². The molecule has 1 aromatic carbocycles. The number of ether oxygens (including phenoxy) is 1. The van der Waals surface area contributed by atoms with Gasteiger partial charge in [0.05, 0.1) is 17.7 Å². The molecule has 3 aromatic rings. The van der Waals surface area contributed by atoms with Crippen LogP contribution >= 0.6 is 0 Å². The van der Waals surface area contributed by atoms with Crippen LogP contribution < -0.4 is 14.8 Å². The van der Waals surface area contributed by atoms with Crippen molar-refractivity contribution in [2.75, 3.05) is 25.5 Å². The first-order chi connectivity index (χ1) is 13.0. The highest BCUT2D eigenvalue weighted by Gasteiger charge is 2.13. The van der Waals surface area contributed by atoms with E-state index in [1.165, 1.54) is 19.2 Å². The van der Waals surface area contributed by atoms with Gasteiger partial charge in [0.15, 0.2) is 5.82 Å². The third kappa shape index (κ3) is 4.80. The molecule has 0 bridgehead atoms. The van der Waals surface area contributed by atoms with Crippen molar-refractivity contribution < 1.29 is 13.2 Å². The van der Waals surface area contributed by atoms with Crippen molar-refractivity contribution in [1.29, 1.82) is 0 Å². The van der Waals surface area contributed by atoms with Gasteiger partial charge in [-0.2, -0.15) is 5.10 Å². The Labute approximate surface area is 157 Å². The van der Waals surface area contributed by atoms with Crippen LogP contribution in [0.25, 0.3) is 5.82 Å². The first-order valence-corrected chi connectivity index (χ1v) is 9.70. The zero-order chi connectivity index (χ0) is 19.3. The van der Waals surface area contributed by atoms with E-state index in [0.29, 0.717) is 23.9 Å². The summed E-state index contributed by atoms with van der Waals surface area (Å²) < 4.78 is 33.6. The number of anilines is 1. The van der Waals surface area contributed by atoms with Crippen molar-refractivity contribution >= 4 is 15.8 Å². The van der Waals surface area contributed by atoms with Gasteiger partial charge in [0, 0.05) is 19.3 Å². The van der Waals surface area contributed by atoms with E-state index in [-0.39, 0.29) is 11.4 Å². The van der Waals surface area contributed by atoms with Gasteiger partial charge in [-0.05, 0) is 49.4 Å². The van der Waals surface area contributed by atoms with Crippen molar-refractivity contribution in [3.05, 3.63) is 54.4 Å². The summed E-state index contributed by atoms with van der Waals surface area (Å²) in [6.07, 6.45) is 1.81. The van der Waals surface area contributed by atoms with Gasteiger partial charge in [-0.25, -0.2) is 17.8 Å². The smallest absolute Gasteiger partial charge is 0.240 e. The van der Waals surface area contributed by atoms with Crippen molar-refractivity contribution in [3.8, 4) is 11.6 Å². The van der Waals surface area contributed by atoms with Crippen LogP contribution in [0.5, 0.6) is 5.75 Å². The zero-order valence-corrected chi connectivity index (χ0v) is 15.8. The molecule has 0 aliphatic carbocycles. The van der Waals surface area contributed by atoms with Crippen LogP contribution in [0.1, 0.15) is 5.69 Å². The van der Waals surface area contributed by atoms with Crippen LogP contribution in [0.3, 0.4) is 0 Å². The van der Waals surface area contributed by atoms with E-state index >= 15 is 0 Å². The second-order valence-corrected chi connectivity index (χ2v) is 7.45. The average molecular weight is 388 g/mol. The lowest BCUT2D eigenvalue weighted by Crippen LogP contribution is -2.29. The van der Waals surface area contributed by atoms with E-state index in [0.717, 1.165) is 5.69 Å². The Kier molecular flexibility index (Phi) is 5.67. The molecule has 0 saturated heterocycles. The summed E-state index contributed by atoms with van der Waals surface area (Å²) in [6, 6.07) is 11.6. The first kappa shape index (κ1) is 18.8. The molecule has 0 amide bonds. The minimum absolute atomic E-state index is 0.182. The molecular formula is C17H20N6O3S. The van der Waals surface area contributed by atoms with Crippen molar-refractivity contribution in [2.24, 2.45) is 0 Å². The van der Waals surface area contributed by atoms with Gasteiger partial charge in [0.25, 0.3) is 0 Å². The Balaban J connectivity index is 1.50. The molecule has 0 fully saturated rings. The number of sulfonamides is 1. The Morgan fingerprint density at radius 1 is 1.04 bits per heavy atom. The lowest BCUT2D eigenvalue weighted by molar-refractivity contribution is 0.414. The number of methoxy groups -OCH3 is 1. The van der Waals surface area contributed by atoms with E-state index in [4.69, 9.17) is 4.74 Å². The second kappa shape index (κ2) is 8.14. The minimum atomic E-state index is -3.57. The molecule has 0 spiro atoms. The number of nitrogens with one attached hydrogen (secondary N) is 2. The van der Waals surface area contributed by atoms with E-state index in [1.54, 1.807) is 35.1 Å². The molecular weight excluding hydrogens is 368 g/mol. The summed E-state index contributed by atoms with van der Waals surface area (Å²) in [4.78, 5) is 0.182. The fourth-order valence-corrected chi connectivity index (χ4v) is 3.33. The van der Waals surface area contributed by atoms with Gasteiger partial charge in [0.2, 0.25) is 10.0 Å². The molecule has 0 aliphatic rings. The highest BCUT2D eigenvalue weighted by atomic mass is 32.2. The van der Waals surface area contributed by atoms with Gasteiger partial charge >= 0.3 is 0 Å². The highest BCUT2D eigenvalue weighted by Crippen LogP contribution is 2.15. The van der Waals surface area contributed by atoms with E-state index in [9.17, 15) is 8.42 Å². The lowest BCUT2D eigenvalue weighted by atomic mass is 10.3. The van der Waals surface area contributed by atoms with Gasteiger partial charge in [-0.15, -0.1) is 10.2 Å². The molecule has 142 valence electrons. The maximum absolute atomic E-state index is 12.2. The highest BCUT2D eigenvalue weighted by molar-refractivity contribution is 7.89. The Hall–Kier alpha value is -2.98. The van der Waals surface area contributed by atoms with Gasteiger partial charge in [0.1, 0.15) is 11.6 Å². The Morgan fingerprint density at radius 2 is 1.81 bits per heavy atom. The third-order valence-electron chi connectivity index (χ3n) is 3.70. The summed E-state index contributed by atoms with van der Waals surface area (Å²) in [5.41, 5.74) is 0.892. The van der Waals surface area contributed by atoms with Gasteiger partial charge in [-0.1, -0.05) is 0 Å². The van der Waals surface area contributed by atoms with Gasteiger partial charge in [-0.3, -0.25) is 0 Å². The first-order valence-electron chi connectivity index (χ1n) is 8.22. The Bertz CT molecular complexity index is 984. The van der Waals surface area contributed by atoms with Crippen LogP contribution in [-0.4, -0.2) is 48.6 Å². The van der Waals surface area contributed by atoms with Crippen molar-refractivity contribution in [2.45, 2.75) is 11.8 Å². The molecule has 3 rings (SSSR count). The lowest BCUT2D eigenvalue weighted by Gasteiger charge is -2.09. The number of nitrogens with zero attached hydrogens (tertiary/aromatic N) is 4. The number of aryl methyl sites for hydroxylation is 1. The number of aromatic nitrogens is 4. The third-order valence-corrected chi connectivity index (χ3v) is 5.18. The summed E-state index contributed by atoms with van der Waals surface area (Å²) in [6.45, 7) is 2.47. The normalized spacial score (nSPS) is 11.3. The molecule has 27 heavy (non-hydrogen) atoms. The molecule has 2 heterocycles. The van der Waals surface area contributed by atoms with E-state index in [1.807, 2.05) is 13.0 Å². The maximum atomic E-state index is 12.2. The summed E-state index contributed by atoms with van der Waals surface area (Å²) in [5, 5.41) is 15.4. The quantitative estimate of drug-likeness (QED) is 0.561. The molecule has 0 atom stereocenters. The minimum Gasteiger partial charge on any atom is -0.497 e. The fourth-order valence-electron chi connectivity index (χ4n) is 2.30. The van der Waals surface area contributed by atoms with Crippen LogP contribution in [0.2, 0.25) is 0 Å². The molecule has 0 radical (unpaired) electrons. The fraction of sp³-hybridized carbons (Fsp3) is 0.235. The Morgan fingerprint density at radius 3 is 2.41 bits per heavy atom.